The molecule has 0 bridgehead atoms. The third kappa shape index (κ3) is 1.80. The van der Waals surface area contributed by atoms with Gasteiger partial charge in [0.25, 0.3) is 0 Å². The number of hydrogen-bond acceptors (Lipinski definition) is 1. The first kappa shape index (κ1) is 9.26. The lowest BCUT2D eigenvalue weighted by atomic mass is 9.75. The van der Waals surface area contributed by atoms with Crippen LogP contribution in [0.25, 0.3) is 0 Å². The van der Waals surface area contributed by atoms with Gasteiger partial charge < -0.3 is 5.32 Å². The second-order valence-electron chi connectivity index (χ2n) is 5.25. The van der Waals surface area contributed by atoms with Gasteiger partial charge in [-0.25, -0.2) is 0 Å². The van der Waals surface area contributed by atoms with Gasteiger partial charge in [0.15, 0.2) is 0 Å². The molecule has 74 valence electrons. The highest BCUT2D eigenvalue weighted by atomic mass is 15.0. The lowest BCUT2D eigenvalue weighted by molar-refractivity contribution is 0.234. The monoisotopic (exact) mass is 179 g/mol. The minimum atomic E-state index is 0.225. The summed E-state index contributed by atoms with van der Waals surface area (Å²) < 4.78 is 0. The Morgan fingerprint density at radius 2 is 2.00 bits per heavy atom. The molecule has 1 fully saturated rings. The Morgan fingerprint density at radius 1 is 1.31 bits per heavy atom. The van der Waals surface area contributed by atoms with Gasteiger partial charge in [-0.1, -0.05) is 24.5 Å². The van der Waals surface area contributed by atoms with E-state index in [4.69, 9.17) is 0 Å². The first-order valence-corrected chi connectivity index (χ1v) is 5.55. The van der Waals surface area contributed by atoms with Crippen LogP contribution in [0, 0.1) is 5.92 Å². The summed E-state index contributed by atoms with van der Waals surface area (Å²) in [5.74, 6) is 0.835. The summed E-state index contributed by atoms with van der Waals surface area (Å²) in [5.41, 5.74) is 1.84. The lowest BCUT2D eigenvalue weighted by Gasteiger charge is -2.43. The first-order chi connectivity index (χ1) is 6.08. The molecule has 0 saturated heterocycles. The van der Waals surface area contributed by atoms with Gasteiger partial charge in [0.1, 0.15) is 0 Å². The largest absolute Gasteiger partial charge is 0.305 e. The van der Waals surface area contributed by atoms with Crippen LogP contribution < -0.4 is 5.32 Å². The molecule has 0 aromatic rings. The fourth-order valence-corrected chi connectivity index (χ4v) is 3.04. The molecule has 1 aliphatic heterocycles. The van der Waals surface area contributed by atoms with Crippen molar-refractivity contribution < 1.29 is 0 Å². The number of hydrogen-bond donors (Lipinski definition) is 1. The van der Waals surface area contributed by atoms with Crippen molar-refractivity contribution in [3.63, 3.8) is 0 Å². The van der Waals surface area contributed by atoms with Gasteiger partial charge in [-0.15, -0.1) is 0 Å². The molecule has 0 spiro atoms. The lowest BCUT2D eigenvalue weighted by Crippen LogP contribution is -2.52. The van der Waals surface area contributed by atoms with Gasteiger partial charge in [0, 0.05) is 11.6 Å². The molecule has 1 nitrogen and oxygen atoms in total. The highest BCUT2D eigenvalue weighted by molar-refractivity contribution is 5.20. The first-order valence-electron chi connectivity index (χ1n) is 5.55. The van der Waals surface area contributed by atoms with E-state index >= 15 is 0 Å². The second-order valence-corrected chi connectivity index (χ2v) is 5.25. The summed E-state index contributed by atoms with van der Waals surface area (Å²) in [4.78, 5) is 0. The van der Waals surface area contributed by atoms with E-state index in [-0.39, 0.29) is 5.54 Å². The van der Waals surface area contributed by atoms with Crippen molar-refractivity contribution in [1.82, 2.24) is 5.32 Å². The smallest absolute Gasteiger partial charge is 0.0312 e. The molecule has 0 aromatic heterocycles. The molecule has 0 radical (unpaired) electrons. The molecule has 1 aliphatic carbocycles. The van der Waals surface area contributed by atoms with Crippen LogP contribution in [0.15, 0.2) is 11.6 Å². The number of fused-ring (bicyclic) bond motifs is 1. The molecule has 0 aromatic carbocycles. The third-order valence-electron chi connectivity index (χ3n) is 3.50. The van der Waals surface area contributed by atoms with Crippen LogP contribution in [-0.4, -0.2) is 11.6 Å². The molecular weight excluding hydrogens is 158 g/mol. The normalized spacial score (nSPS) is 37.9. The summed E-state index contributed by atoms with van der Waals surface area (Å²) in [6.45, 7) is 6.87. The summed E-state index contributed by atoms with van der Waals surface area (Å²) in [6, 6.07) is 0.758. The summed E-state index contributed by atoms with van der Waals surface area (Å²) >= 11 is 0. The number of rotatable bonds is 0. The van der Waals surface area contributed by atoms with Crippen LogP contribution in [0.1, 0.15) is 46.5 Å². The average molecular weight is 179 g/mol. The molecule has 1 N–H and O–H groups in total. The van der Waals surface area contributed by atoms with Crippen molar-refractivity contribution in [2.75, 3.05) is 0 Å². The standard InChI is InChI=1S/C12H21N/c1-9-8-12(2,3)13-11-7-5-4-6-10(9)11/h8,10-11,13H,4-7H2,1-3H3. The molecule has 1 saturated carbocycles. The van der Waals surface area contributed by atoms with E-state index in [0.29, 0.717) is 0 Å². The fraction of sp³-hybridized carbons (Fsp3) is 0.833. The SMILES string of the molecule is CC1=CC(C)(C)NC2CCCCC12. The summed E-state index contributed by atoms with van der Waals surface area (Å²) in [6.07, 6.45) is 8.03. The van der Waals surface area contributed by atoms with Crippen molar-refractivity contribution in [1.29, 1.82) is 0 Å². The Labute approximate surface area is 81.6 Å². The van der Waals surface area contributed by atoms with E-state index in [1.165, 1.54) is 25.7 Å². The fourth-order valence-electron chi connectivity index (χ4n) is 3.04. The number of nitrogens with one attached hydrogen (secondary N) is 1. The van der Waals surface area contributed by atoms with Gasteiger partial charge in [0.2, 0.25) is 0 Å². The van der Waals surface area contributed by atoms with Crippen molar-refractivity contribution in [3.8, 4) is 0 Å². The topological polar surface area (TPSA) is 12.0 Å². The van der Waals surface area contributed by atoms with Crippen molar-refractivity contribution in [2.24, 2.45) is 5.92 Å². The molecule has 1 heterocycles. The van der Waals surface area contributed by atoms with E-state index < -0.39 is 0 Å². The van der Waals surface area contributed by atoms with E-state index in [9.17, 15) is 0 Å². The molecule has 2 unspecified atom stereocenters. The van der Waals surface area contributed by atoms with Gasteiger partial charge >= 0.3 is 0 Å². The van der Waals surface area contributed by atoms with E-state index in [1.54, 1.807) is 5.57 Å². The predicted octanol–water partition coefficient (Wildman–Crippen LogP) is 2.87. The Morgan fingerprint density at radius 3 is 2.77 bits per heavy atom. The van der Waals surface area contributed by atoms with Crippen LogP contribution in [0.2, 0.25) is 0 Å². The summed E-state index contributed by atoms with van der Waals surface area (Å²) in [5, 5.41) is 3.75. The minimum absolute atomic E-state index is 0.225. The molecule has 0 amide bonds. The van der Waals surface area contributed by atoms with E-state index in [1.807, 2.05) is 0 Å². The maximum Gasteiger partial charge on any atom is 0.0312 e. The average Bonchev–Trinajstić information content (AvgIpc) is 2.02. The van der Waals surface area contributed by atoms with E-state index in [2.05, 4.69) is 32.2 Å². The molecule has 13 heavy (non-hydrogen) atoms. The Hall–Kier alpha value is -0.300. The van der Waals surface area contributed by atoms with E-state index in [0.717, 1.165) is 12.0 Å². The van der Waals surface area contributed by atoms with Crippen LogP contribution in [-0.2, 0) is 0 Å². The van der Waals surface area contributed by atoms with Gasteiger partial charge in [-0.2, -0.15) is 0 Å². The maximum atomic E-state index is 3.75. The third-order valence-corrected chi connectivity index (χ3v) is 3.50. The van der Waals surface area contributed by atoms with Crippen LogP contribution >= 0.6 is 0 Å². The zero-order chi connectivity index (χ0) is 9.47. The van der Waals surface area contributed by atoms with Crippen molar-refractivity contribution in [3.05, 3.63) is 11.6 Å². The highest BCUT2D eigenvalue weighted by Crippen LogP contribution is 2.35. The minimum Gasteiger partial charge on any atom is -0.305 e. The van der Waals surface area contributed by atoms with Crippen LogP contribution in [0.5, 0.6) is 0 Å². The Bertz CT molecular complexity index is 227. The van der Waals surface area contributed by atoms with Crippen molar-refractivity contribution >= 4 is 0 Å². The zero-order valence-corrected chi connectivity index (χ0v) is 9.06. The molecule has 2 rings (SSSR count). The van der Waals surface area contributed by atoms with Gasteiger partial charge in [-0.05, 0) is 39.5 Å². The van der Waals surface area contributed by atoms with Crippen molar-refractivity contribution in [2.45, 2.75) is 58.0 Å². The van der Waals surface area contributed by atoms with Gasteiger partial charge in [0.05, 0.1) is 0 Å². The second kappa shape index (κ2) is 3.13. The molecule has 2 atom stereocenters. The molecular formula is C12H21N. The van der Waals surface area contributed by atoms with Gasteiger partial charge in [-0.3, -0.25) is 0 Å². The Kier molecular flexibility index (Phi) is 2.23. The van der Waals surface area contributed by atoms with Crippen LogP contribution in [0.4, 0.5) is 0 Å². The summed E-state index contributed by atoms with van der Waals surface area (Å²) in [7, 11) is 0. The van der Waals surface area contributed by atoms with Crippen LogP contribution in [0.3, 0.4) is 0 Å². The molecule has 1 heteroatoms. The zero-order valence-electron chi connectivity index (χ0n) is 9.06. The predicted molar refractivity (Wildman–Crippen MR) is 56.7 cm³/mol. The highest BCUT2D eigenvalue weighted by Gasteiger charge is 2.34. The quantitative estimate of drug-likeness (QED) is 0.564. The molecule has 2 aliphatic rings. The maximum absolute atomic E-state index is 3.75. The Balaban J connectivity index is 2.21.